The molecule has 0 unspecified atom stereocenters. The first-order valence-corrected chi connectivity index (χ1v) is 5.71. The van der Waals surface area contributed by atoms with Crippen molar-refractivity contribution in [2.24, 2.45) is 0 Å². The van der Waals surface area contributed by atoms with Crippen LogP contribution in [0.15, 0.2) is 48.5 Å². The second kappa shape index (κ2) is 6.01. The van der Waals surface area contributed by atoms with Crippen LogP contribution in [0.25, 0.3) is 0 Å². The molecule has 0 atom stereocenters. The zero-order chi connectivity index (χ0) is 12.8. The first-order valence-electron chi connectivity index (χ1n) is 5.71. The van der Waals surface area contributed by atoms with Crippen LogP contribution in [0.4, 0.5) is 0 Å². The summed E-state index contributed by atoms with van der Waals surface area (Å²) in [5.41, 5.74) is 1.10. The summed E-state index contributed by atoms with van der Waals surface area (Å²) in [5, 5.41) is 0. The zero-order valence-electron chi connectivity index (χ0n) is 10.6. The SMILES string of the molecule is COc1ccc(BOc2ccc(OC)cc2)cc1. The average Bonchev–Trinajstić information content (AvgIpc) is 2.46. The number of hydrogen-bond acceptors (Lipinski definition) is 3. The molecule has 2 aromatic carbocycles. The highest BCUT2D eigenvalue weighted by Crippen LogP contribution is 2.16. The van der Waals surface area contributed by atoms with Crippen molar-refractivity contribution < 1.29 is 14.1 Å². The van der Waals surface area contributed by atoms with Gasteiger partial charge in [-0.2, -0.15) is 0 Å². The van der Waals surface area contributed by atoms with Gasteiger partial charge < -0.3 is 14.1 Å². The van der Waals surface area contributed by atoms with Crippen molar-refractivity contribution in [3.05, 3.63) is 48.5 Å². The summed E-state index contributed by atoms with van der Waals surface area (Å²) in [4.78, 5) is 0. The second-order valence-corrected chi connectivity index (χ2v) is 3.81. The molecule has 0 aliphatic carbocycles. The maximum atomic E-state index is 5.67. The van der Waals surface area contributed by atoms with Crippen molar-refractivity contribution >= 4 is 12.9 Å². The van der Waals surface area contributed by atoms with Crippen molar-refractivity contribution in [2.75, 3.05) is 14.2 Å². The molecule has 18 heavy (non-hydrogen) atoms. The Bertz CT molecular complexity index is 432. The predicted molar refractivity (Wildman–Crippen MR) is 73.4 cm³/mol. The van der Waals surface area contributed by atoms with E-state index in [4.69, 9.17) is 14.1 Å². The smallest absolute Gasteiger partial charge is 0.373 e. The third-order valence-corrected chi connectivity index (χ3v) is 2.62. The van der Waals surface area contributed by atoms with Gasteiger partial charge in [-0.1, -0.05) is 12.1 Å². The van der Waals surface area contributed by atoms with E-state index in [9.17, 15) is 0 Å². The molecule has 0 bridgehead atoms. The van der Waals surface area contributed by atoms with Crippen LogP contribution in [0.2, 0.25) is 0 Å². The predicted octanol–water partition coefficient (Wildman–Crippen LogP) is 1.76. The number of rotatable bonds is 5. The fourth-order valence-corrected chi connectivity index (χ4v) is 1.56. The largest absolute Gasteiger partial charge is 0.559 e. The van der Waals surface area contributed by atoms with Crippen LogP contribution < -0.4 is 19.6 Å². The molecule has 0 N–H and O–H groups in total. The van der Waals surface area contributed by atoms with E-state index in [2.05, 4.69) is 0 Å². The van der Waals surface area contributed by atoms with Crippen LogP contribution in [0.3, 0.4) is 0 Å². The van der Waals surface area contributed by atoms with E-state index in [-0.39, 0.29) is 0 Å². The monoisotopic (exact) mass is 242 g/mol. The summed E-state index contributed by atoms with van der Waals surface area (Å²) in [6.07, 6.45) is 0. The topological polar surface area (TPSA) is 27.7 Å². The lowest BCUT2D eigenvalue weighted by atomic mass is 9.88. The molecule has 0 heterocycles. The standard InChI is InChI=1S/C14H15BO3/c1-16-12-5-3-11(4-6-12)15-18-14-9-7-13(17-2)8-10-14/h3-10,15H,1-2H3. The highest BCUT2D eigenvalue weighted by atomic mass is 16.5. The van der Waals surface area contributed by atoms with Crippen LogP contribution >= 0.6 is 0 Å². The zero-order valence-corrected chi connectivity index (χ0v) is 10.6. The summed E-state index contributed by atoms with van der Waals surface area (Å²) < 4.78 is 15.9. The Morgan fingerprint density at radius 2 is 1.11 bits per heavy atom. The summed E-state index contributed by atoms with van der Waals surface area (Å²) in [7, 11) is 3.84. The van der Waals surface area contributed by atoms with E-state index < -0.39 is 0 Å². The molecule has 0 radical (unpaired) electrons. The maximum absolute atomic E-state index is 5.67. The Kier molecular flexibility index (Phi) is 4.13. The first-order chi connectivity index (χ1) is 8.81. The van der Waals surface area contributed by atoms with Gasteiger partial charge in [-0.05, 0) is 41.9 Å². The van der Waals surface area contributed by atoms with Gasteiger partial charge in [-0.3, -0.25) is 0 Å². The van der Waals surface area contributed by atoms with Crippen molar-refractivity contribution in [2.45, 2.75) is 0 Å². The molecule has 4 heteroatoms. The van der Waals surface area contributed by atoms with Crippen LogP contribution in [-0.2, 0) is 0 Å². The van der Waals surface area contributed by atoms with Crippen molar-refractivity contribution in [1.29, 1.82) is 0 Å². The Morgan fingerprint density at radius 3 is 1.61 bits per heavy atom. The summed E-state index contributed by atoms with van der Waals surface area (Å²) in [6, 6.07) is 15.4. The van der Waals surface area contributed by atoms with Crippen LogP contribution in [0.5, 0.6) is 17.2 Å². The minimum Gasteiger partial charge on any atom is -0.559 e. The molecule has 2 aromatic rings. The van der Waals surface area contributed by atoms with Crippen LogP contribution in [0.1, 0.15) is 0 Å². The minimum absolute atomic E-state index is 0.538. The molecule has 0 amide bonds. The van der Waals surface area contributed by atoms with E-state index in [1.807, 2.05) is 48.5 Å². The van der Waals surface area contributed by atoms with Crippen molar-refractivity contribution in [3.8, 4) is 17.2 Å². The first kappa shape index (κ1) is 12.4. The second-order valence-electron chi connectivity index (χ2n) is 3.81. The molecule has 0 saturated heterocycles. The molecular weight excluding hydrogens is 227 g/mol. The van der Waals surface area contributed by atoms with Gasteiger partial charge >= 0.3 is 7.48 Å². The number of ether oxygens (including phenoxy) is 2. The molecule has 92 valence electrons. The fourth-order valence-electron chi connectivity index (χ4n) is 1.56. The van der Waals surface area contributed by atoms with E-state index >= 15 is 0 Å². The molecule has 3 nitrogen and oxygen atoms in total. The Balaban J connectivity index is 1.93. The van der Waals surface area contributed by atoms with E-state index in [0.717, 1.165) is 22.7 Å². The van der Waals surface area contributed by atoms with Crippen LogP contribution in [-0.4, -0.2) is 21.7 Å². The maximum Gasteiger partial charge on any atom is 0.373 e. The van der Waals surface area contributed by atoms with Gasteiger partial charge in [0.15, 0.2) is 0 Å². The third-order valence-electron chi connectivity index (χ3n) is 2.62. The van der Waals surface area contributed by atoms with Crippen LogP contribution in [0, 0.1) is 0 Å². The number of benzene rings is 2. The van der Waals surface area contributed by atoms with Gasteiger partial charge in [-0.25, -0.2) is 0 Å². The average molecular weight is 242 g/mol. The van der Waals surface area contributed by atoms with Gasteiger partial charge in [-0.15, -0.1) is 0 Å². The van der Waals surface area contributed by atoms with Gasteiger partial charge in [0.1, 0.15) is 11.5 Å². The quantitative estimate of drug-likeness (QED) is 0.747. The lowest BCUT2D eigenvalue weighted by Gasteiger charge is -2.07. The van der Waals surface area contributed by atoms with Crippen molar-refractivity contribution in [3.63, 3.8) is 0 Å². The Hall–Kier alpha value is -2.10. The highest BCUT2D eigenvalue weighted by molar-refractivity contribution is 6.47. The summed E-state index contributed by atoms with van der Waals surface area (Å²) >= 11 is 0. The summed E-state index contributed by atoms with van der Waals surface area (Å²) in [6.45, 7) is 0. The molecule has 0 spiro atoms. The fraction of sp³-hybridized carbons (Fsp3) is 0.143. The Morgan fingerprint density at radius 1 is 0.667 bits per heavy atom. The van der Waals surface area contributed by atoms with E-state index in [1.165, 1.54) is 0 Å². The van der Waals surface area contributed by atoms with Gasteiger partial charge in [0.05, 0.1) is 20.0 Å². The summed E-state index contributed by atoms with van der Waals surface area (Å²) in [5.74, 6) is 2.50. The number of hydrogen-bond donors (Lipinski definition) is 0. The molecule has 0 fully saturated rings. The molecule has 2 rings (SSSR count). The molecule has 0 aromatic heterocycles. The molecule has 0 aliphatic rings. The van der Waals surface area contributed by atoms with E-state index in [0.29, 0.717) is 7.48 Å². The van der Waals surface area contributed by atoms with Gasteiger partial charge in [0.2, 0.25) is 0 Å². The normalized spacial score (nSPS) is 9.67. The Labute approximate surface area is 108 Å². The lowest BCUT2D eigenvalue weighted by molar-refractivity contribution is 0.414. The number of methoxy groups -OCH3 is 2. The van der Waals surface area contributed by atoms with Crippen molar-refractivity contribution in [1.82, 2.24) is 0 Å². The highest BCUT2D eigenvalue weighted by Gasteiger charge is 2.00. The molecule has 0 aliphatic heterocycles. The van der Waals surface area contributed by atoms with E-state index in [1.54, 1.807) is 14.2 Å². The minimum atomic E-state index is 0.538. The lowest BCUT2D eigenvalue weighted by Crippen LogP contribution is -2.19. The third kappa shape index (κ3) is 3.20. The molecular formula is C14H15BO3. The van der Waals surface area contributed by atoms with Gasteiger partial charge in [0, 0.05) is 0 Å². The molecule has 0 saturated carbocycles. The van der Waals surface area contributed by atoms with Gasteiger partial charge in [0.25, 0.3) is 0 Å².